The molecule has 0 saturated carbocycles. The van der Waals surface area contributed by atoms with Crippen LogP contribution in [0.1, 0.15) is 26.5 Å². The first-order chi connectivity index (χ1) is 9.49. The van der Waals surface area contributed by atoms with Gasteiger partial charge < -0.3 is 14.9 Å². The van der Waals surface area contributed by atoms with Gasteiger partial charge in [-0.25, -0.2) is 13.6 Å². The van der Waals surface area contributed by atoms with E-state index in [0.29, 0.717) is 12.1 Å². The Morgan fingerprint density at radius 1 is 1.25 bits per heavy atom. The number of carbonyl (C=O) groups is 2. The number of hydrogen-bond acceptors (Lipinski definition) is 5. The molecule has 7 nitrogen and oxygen atoms in total. The van der Waals surface area contributed by atoms with Crippen LogP contribution in [0.25, 0.3) is 0 Å². The number of carbonyl (C=O) groups excluding carboxylic acids is 1. The van der Waals surface area contributed by atoms with Gasteiger partial charge in [0.25, 0.3) is 5.91 Å². The van der Waals surface area contributed by atoms with Crippen molar-refractivity contribution in [1.29, 1.82) is 0 Å². The van der Waals surface area contributed by atoms with Crippen LogP contribution in [0.4, 0.5) is 8.78 Å². The predicted octanol–water partition coefficient (Wildman–Crippen LogP) is 0.976. The van der Waals surface area contributed by atoms with Crippen molar-refractivity contribution in [2.24, 2.45) is 0 Å². The number of nitrogens with one attached hydrogen (secondary N) is 1. The summed E-state index contributed by atoms with van der Waals surface area (Å²) < 4.78 is 30.5. The number of amides is 1. The lowest BCUT2D eigenvalue weighted by Crippen LogP contribution is -2.26. The van der Waals surface area contributed by atoms with Gasteiger partial charge in [-0.15, -0.1) is 0 Å². The van der Waals surface area contributed by atoms with E-state index >= 15 is 0 Å². The van der Waals surface area contributed by atoms with E-state index in [1.54, 1.807) is 0 Å². The number of halogens is 2. The first-order valence-electron chi connectivity index (χ1n) is 5.25. The van der Waals surface area contributed by atoms with Crippen molar-refractivity contribution in [3.05, 3.63) is 47.1 Å². The Morgan fingerprint density at radius 3 is 2.45 bits per heavy atom. The minimum Gasteiger partial charge on any atom is -0.478 e. The standard InChI is InChI=1S/C11H7F2N3O4/c12-7-1-5(6(11(18)19)2-8(7)13)10(17)14-3-9-15-4-20-16-9/h1-2,4H,3H2,(H,14,17)(H,18,19). The van der Waals surface area contributed by atoms with E-state index in [4.69, 9.17) is 5.11 Å². The highest BCUT2D eigenvalue weighted by molar-refractivity contribution is 6.04. The van der Waals surface area contributed by atoms with Crippen LogP contribution >= 0.6 is 0 Å². The molecule has 0 spiro atoms. The average molecular weight is 283 g/mol. The Balaban J connectivity index is 2.24. The molecule has 0 bridgehead atoms. The second-order valence-corrected chi connectivity index (χ2v) is 3.65. The summed E-state index contributed by atoms with van der Waals surface area (Å²) in [6.07, 6.45) is 1.04. The van der Waals surface area contributed by atoms with E-state index in [2.05, 4.69) is 20.0 Å². The second-order valence-electron chi connectivity index (χ2n) is 3.65. The van der Waals surface area contributed by atoms with Crippen LogP contribution in [0.15, 0.2) is 23.0 Å². The van der Waals surface area contributed by atoms with Crippen molar-refractivity contribution in [1.82, 2.24) is 15.5 Å². The summed E-state index contributed by atoms with van der Waals surface area (Å²) in [5, 5.41) is 14.6. The van der Waals surface area contributed by atoms with E-state index in [1.807, 2.05) is 0 Å². The van der Waals surface area contributed by atoms with Crippen molar-refractivity contribution in [2.45, 2.75) is 6.54 Å². The molecular formula is C11H7F2N3O4. The maximum atomic E-state index is 13.1. The zero-order valence-corrected chi connectivity index (χ0v) is 9.76. The van der Waals surface area contributed by atoms with E-state index in [0.717, 1.165) is 6.39 Å². The molecule has 0 radical (unpaired) electrons. The number of aromatic carboxylic acids is 1. The van der Waals surface area contributed by atoms with Crippen molar-refractivity contribution in [3.63, 3.8) is 0 Å². The van der Waals surface area contributed by atoms with Crippen LogP contribution in [-0.4, -0.2) is 27.1 Å². The molecule has 0 atom stereocenters. The Bertz CT molecular complexity index is 658. The zero-order valence-electron chi connectivity index (χ0n) is 9.76. The highest BCUT2D eigenvalue weighted by atomic mass is 19.2. The first-order valence-corrected chi connectivity index (χ1v) is 5.25. The largest absolute Gasteiger partial charge is 0.478 e. The molecule has 0 fully saturated rings. The molecule has 2 N–H and O–H groups in total. The van der Waals surface area contributed by atoms with Crippen molar-refractivity contribution in [2.75, 3.05) is 0 Å². The molecule has 1 amide bonds. The zero-order chi connectivity index (χ0) is 14.7. The van der Waals surface area contributed by atoms with Crippen molar-refractivity contribution in [3.8, 4) is 0 Å². The minimum atomic E-state index is -1.55. The first kappa shape index (κ1) is 13.6. The monoisotopic (exact) mass is 283 g/mol. The maximum Gasteiger partial charge on any atom is 0.336 e. The number of carboxylic acids is 1. The van der Waals surface area contributed by atoms with Crippen molar-refractivity contribution < 1.29 is 28.0 Å². The summed E-state index contributed by atoms with van der Waals surface area (Å²) in [6.45, 7) is -0.145. The third kappa shape index (κ3) is 2.76. The van der Waals surface area contributed by atoms with Gasteiger partial charge in [-0.3, -0.25) is 4.79 Å². The Morgan fingerprint density at radius 2 is 1.90 bits per heavy atom. The van der Waals surface area contributed by atoms with Gasteiger partial charge in [0.05, 0.1) is 17.7 Å². The van der Waals surface area contributed by atoms with E-state index in [-0.39, 0.29) is 12.4 Å². The second kappa shape index (κ2) is 5.43. The van der Waals surface area contributed by atoms with Crippen LogP contribution in [0.3, 0.4) is 0 Å². The quantitative estimate of drug-likeness (QED) is 0.866. The van der Waals surface area contributed by atoms with Crippen LogP contribution in [-0.2, 0) is 6.54 Å². The molecule has 1 aromatic heterocycles. The number of hydrogen-bond donors (Lipinski definition) is 2. The van der Waals surface area contributed by atoms with Gasteiger partial charge in [-0.1, -0.05) is 5.16 Å². The highest BCUT2D eigenvalue weighted by Crippen LogP contribution is 2.15. The number of aromatic nitrogens is 2. The number of rotatable bonds is 4. The molecule has 1 aromatic carbocycles. The Hall–Kier alpha value is -2.84. The Labute approximate surface area is 110 Å². The van der Waals surface area contributed by atoms with Crippen LogP contribution in [0, 0.1) is 11.6 Å². The number of benzene rings is 1. The molecule has 9 heteroatoms. The highest BCUT2D eigenvalue weighted by Gasteiger charge is 2.20. The topological polar surface area (TPSA) is 105 Å². The normalized spacial score (nSPS) is 10.3. The molecule has 2 aromatic rings. The molecule has 2 rings (SSSR count). The average Bonchev–Trinajstić information content (AvgIpc) is 2.91. The molecule has 0 unspecified atom stereocenters. The fourth-order valence-electron chi connectivity index (χ4n) is 1.44. The molecule has 104 valence electrons. The lowest BCUT2D eigenvalue weighted by Gasteiger charge is -2.07. The molecule has 0 saturated heterocycles. The summed E-state index contributed by atoms with van der Waals surface area (Å²) in [4.78, 5) is 26.3. The van der Waals surface area contributed by atoms with Gasteiger partial charge in [0.15, 0.2) is 17.5 Å². The minimum absolute atomic E-state index is 0.145. The lowest BCUT2D eigenvalue weighted by molar-refractivity contribution is 0.0690. The summed E-state index contributed by atoms with van der Waals surface area (Å²) in [6, 6.07) is 0.964. The molecule has 20 heavy (non-hydrogen) atoms. The predicted molar refractivity (Wildman–Crippen MR) is 58.8 cm³/mol. The van der Waals surface area contributed by atoms with Gasteiger partial charge in [-0.05, 0) is 12.1 Å². The maximum absolute atomic E-state index is 13.1. The molecular weight excluding hydrogens is 276 g/mol. The third-order valence-corrected chi connectivity index (χ3v) is 2.35. The summed E-state index contributed by atoms with van der Waals surface area (Å²) >= 11 is 0. The number of carboxylic acid groups (broad SMARTS) is 1. The molecule has 0 aliphatic carbocycles. The van der Waals surface area contributed by atoms with Crippen LogP contribution in [0.2, 0.25) is 0 Å². The number of nitrogens with zero attached hydrogens (tertiary/aromatic N) is 2. The summed E-state index contributed by atoms with van der Waals surface area (Å²) in [5.74, 6) is -4.96. The van der Waals surface area contributed by atoms with Gasteiger partial charge in [0.1, 0.15) is 0 Å². The molecule has 0 aliphatic heterocycles. The SMILES string of the molecule is O=C(O)c1cc(F)c(F)cc1C(=O)NCc1ncon1. The van der Waals surface area contributed by atoms with Crippen molar-refractivity contribution >= 4 is 11.9 Å². The van der Waals surface area contributed by atoms with Crippen LogP contribution < -0.4 is 5.32 Å². The smallest absolute Gasteiger partial charge is 0.336 e. The van der Waals surface area contributed by atoms with Gasteiger partial charge in [0, 0.05) is 0 Å². The molecule has 0 aliphatic rings. The Kier molecular flexibility index (Phi) is 3.69. The van der Waals surface area contributed by atoms with E-state index in [1.165, 1.54) is 0 Å². The lowest BCUT2D eigenvalue weighted by atomic mass is 10.1. The fraction of sp³-hybridized carbons (Fsp3) is 0.0909. The molecule has 1 heterocycles. The van der Waals surface area contributed by atoms with Crippen LogP contribution in [0.5, 0.6) is 0 Å². The van der Waals surface area contributed by atoms with E-state index in [9.17, 15) is 18.4 Å². The fourth-order valence-corrected chi connectivity index (χ4v) is 1.44. The van der Waals surface area contributed by atoms with E-state index < -0.39 is 34.6 Å². The summed E-state index contributed by atoms with van der Waals surface area (Å²) in [7, 11) is 0. The van der Waals surface area contributed by atoms with Gasteiger partial charge >= 0.3 is 5.97 Å². The third-order valence-electron chi connectivity index (χ3n) is 2.35. The van der Waals surface area contributed by atoms with Gasteiger partial charge in [-0.2, -0.15) is 4.98 Å². The summed E-state index contributed by atoms with van der Waals surface area (Å²) in [5.41, 5.74) is -1.14. The van der Waals surface area contributed by atoms with Gasteiger partial charge in [0.2, 0.25) is 6.39 Å².